The van der Waals surface area contributed by atoms with Crippen LogP contribution in [0.3, 0.4) is 0 Å². The molecule has 0 saturated carbocycles. The number of phenolic OH excluding ortho intramolecular Hbond substituents is 1. The minimum Gasteiger partial charge on any atom is -0.871 e. The van der Waals surface area contributed by atoms with Gasteiger partial charge in [-0.2, -0.15) is 32.2 Å². The number of ether oxygens (including phenoxy) is 2. The third kappa shape index (κ3) is 13.2. The van der Waals surface area contributed by atoms with Crippen molar-refractivity contribution < 1.29 is 55.5 Å². The summed E-state index contributed by atoms with van der Waals surface area (Å²) in [5.74, 6) is -1.73. The minimum atomic E-state index is -4.59. The van der Waals surface area contributed by atoms with Gasteiger partial charge in [0.15, 0.2) is 5.75 Å². The van der Waals surface area contributed by atoms with Crippen LogP contribution in [0.15, 0.2) is 169 Å². The van der Waals surface area contributed by atoms with Crippen LogP contribution in [0.4, 0.5) is 34.1 Å². The van der Waals surface area contributed by atoms with Crippen LogP contribution in [0.2, 0.25) is 10.0 Å². The Morgan fingerprint density at radius 1 is 0.627 bits per heavy atom. The Balaban J connectivity index is 0.000000241. The molecule has 4 N–H and O–H groups in total. The monoisotopic (exact) mass is 1120 g/mol. The minimum absolute atomic E-state index is 0. The zero-order valence-corrected chi connectivity index (χ0v) is 45.5. The normalized spacial score (nSPS) is 11.9. The van der Waals surface area contributed by atoms with E-state index in [1.807, 2.05) is 0 Å². The molecule has 8 rings (SSSR count). The number of fused-ring (bicyclic) bond motifs is 2. The number of anilines is 1. The summed E-state index contributed by atoms with van der Waals surface area (Å²) in [6.07, 6.45) is 0.515. The maximum Gasteiger partial charge on any atom is 2.00 e. The first-order valence-corrected chi connectivity index (χ1v) is 25.7. The van der Waals surface area contributed by atoms with Gasteiger partial charge in [-0.05, 0) is 107 Å². The number of halogens is 2. The Morgan fingerprint density at radius 3 is 1.60 bits per heavy atom. The molecule has 0 unspecified atom stereocenters. The molecule has 0 heterocycles. The van der Waals surface area contributed by atoms with Crippen molar-refractivity contribution in [2.75, 3.05) is 19.5 Å². The number of rotatable bonds is 14. The number of aliphatic imine (C=N–C) groups is 1. The van der Waals surface area contributed by atoms with Crippen molar-refractivity contribution >= 4 is 149 Å². The number of hydrogen-bond acceptors (Lipinski definition) is 15. The molecule has 0 spiro atoms. The SMILES string of the molecule is CCc1c(Cl)cc(N=Nc2c(O)c(C(=O)Nc3ccccc3OC)cc3ccccc23)cc1S(=O)(=O)O.CCc1c(Cl)cc(N=Nc2c([O-])c(C([O-])=Nc3ccccc3OC)cc3ccccc23)cc1S(=O)(=O)O.[Ca+2]. The quantitative estimate of drug-likeness (QED) is 0.0260. The smallest absolute Gasteiger partial charge is 0.871 e. The summed E-state index contributed by atoms with van der Waals surface area (Å²) in [4.78, 5) is 16.4. The molecule has 0 aromatic heterocycles. The van der Waals surface area contributed by atoms with Crippen LogP contribution in [0.25, 0.3) is 21.5 Å². The molecule has 8 aromatic carbocycles. The number of benzene rings is 8. The molecule has 380 valence electrons. The van der Waals surface area contributed by atoms with E-state index < -0.39 is 48.4 Å². The van der Waals surface area contributed by atoms with Gasteiger partial charge in [-0.1, -0.05) is 116 Å². The van der Waals surface area contributed by atoms with E-state index in [9.17, 15) is 46.1 Å². The number of aromatic hydroxyl groups is 1. The number of carbonyl (C=O) groups is 1. The third-order valence-electron chi connectivity index (χ3n) is 11.2. The molecule has 23 heteroatoms. The fourth-order valence-corrected chi connectivity index (χ4v) is 10.1. The van der Waals surface area contributed by atoms with E-state index in [1.165, 1.54) is 38.5 Å². The van der Waals surface area contributed by atoms with Crippen LogP contribution in [0.1, 0.15) is 40.9 Å². The molecule has 75 heavy (non-hydrogen) atoms. The van der Waals surface area contributed by atoms with Crippen molar-refractivity contribution in [3.63, 3.8) is 0 Å². The van der Waals surface area contributed by atoms with Gasteiger partial charge in [0.05, 0.1) is 42.5 Å². The molecule has 0 atom stereocenters. The molecule has 1 amide bonds. The fraction of sp³-hybridized carbons (Fsp3) is 0.115. The zero-order valence-electron chi connectivity index (χ0n) is 40.1. The summed E-state index contributed by atoms with van der Waals surface area (Å²) in [6, 6.07) is 35.2. The van der Waals surface area contributed by atoms with E-state index in [4.69, 9.17) is 32.7 Å². The Bertz CT molecular complexity index is 3830. The second kappa shape index (κ2) is 24.7. The van der Waals surface area contributed by atoms with E-state index in [-0.39, 0.29) is 116 Å². The molecule has 0 aliphatic rings. The van der Waals surface area contributed by atoms with E-state index in [0.29, 0.717) is 38.7 Å². The van der Waals surface area contributed by atoms with Gasteiger partial charge in [-0.25, -0.2) is 0 Å². The molecular weight excluding hydrogens is 1080 g/mol. The summed E-state index contributed by atoms with van der Waals surface area (Å²) in [5, 5.41) is 58.7. The average Bonchev–Trinajstić information content (AvgIpc) is 3.37. The van der Waals surface area contributed by atoms with E-state index in [2.05, 4.69) is 30.8 Å². The van der Waals surface area contributed by atoms with Gasteiger partial charge < -0.3 is 30.1 Å². The summed E-state index contributed by atoms with van der Waals surface area (Å²) < 4.78 is 77.2. The Kier molecular flexibility index (Phi) is 19.0. The maximum absolute atomic E-state index is 13.4. The van der Waals surface area contributed by atoms with Gasteiger partial charge in [0.25, 0.3) is 26.1 Å². The number of hydrogen-bond donors (Lipinski definition) is 4. The van der Waals surface area contributed by atoms with Crippen LogP contribution in [-0.2, 0) is 33.1 Å². The summed E-state index contributed by atoms with van der Waals surface area (Å²) in [7, 11) is -6.23. The van der Waals surface area contributed by atoms with Gasteiger partial charge in [-0.3, -0.25) is 18.9 Å². The Morgan fingerprint density at radius 2 is 1.08 bits per heavy atom. The first kappa shape index (κ1) is 57.6. The first-order chi connectivity index (χ1) is 35.3. The number of amides is 1. The average molecular weight is 1120 g/mol. The summed E-state index contributed by atoms with van der Waals surface area (Å²) in [5.41, 5.74) is 0.732. The van der Waals surface area contributed by atoms with Crippen molar-refractivity contribution in [3.05, 3.63) is 166 Å². The topological polar surface area (TPSA) is 284 Å². The van der Waals surface area contributed by atoms with Gasteiger partial charge >= 0.3 is 37.7 Å². The molecular formula is C52H42CaCl2N6O12S2. The van der Waals surface area contributed by atoms with Gasteiger partial charge in [0.2, 0.25) is 0 Å². The second-order valence-electron chi connectivity index (χ2n) is 15.8. The number of para-hydroxylation sites is 4. The Labute approximate surface area is 470 Å². The molecule has 0 fully saturated rings. The molecule has 0 radical (unpaired) electrons. The maximum atomic E-state index is 13.4. The van der Waals surface area contributed by atoms with Crippen molar-refractivity contribution in [1.29, 1.82) is 0 Å². The predicted octanol–water partition coefficient (Wildman–Crippen LogP) is 11.5. The van der Waals surface area contributed by atoms with E-state index in [1.54, 1.807) is 111 Å². The molecule has 18 nitrogen and oxygen atoms in total. The van der Waals surface area contributed by atoms with Crippen molar-refractivity contribution in [2.24, 2.45) is 25.4 Å². The zero-order chi connectivity index (χ0) is 53.5. The molecule has 8 aromatic rings. The van der Waals surface area contributed by atoms with Crippen molar-refractivity contribution in [1.82, 2.24) is 0 Å². The van der Waals surface area contributed by atoms with Crippen LogP contribution < -0.4 is 25.0 Å². The number of nitrogens with zero attached hydrogens (tertiary/aromatic N) is 5. The van der Waals surface area contributed by atoms with Gasteiger partial charge in [0.1, 0.15) is 32.7 Å². The number of carbonyl (C=O) groups excluding carboxylic acids is 1. The number of phenols is 1. The fourth-order valence-electron chi connectivity index (χ4n) is 7.66. The molecule has 0 aliphatic heterocycles. The summed E-state index contributed by atoms with van der Waals surface area (Å²) in [6.45, 7) is 3.38. The molecule has 0 saturated heterocycles. The molecule has 0 aliphatic carbocycles. The predicted molar refractivity (Wildman–Crippen MR) is 285 cm³/mol. The molecule has 0 bridgehead atoms. The first-order valence-electron chi connectivity index (χ1n) is 22.0. The van der Waals surface area contributed by atoms with Crippen LogP contribution >= 0.6 is 23.2 Å². The number of methoxy groups -OCH3 is 2. The van der Waals surface area contributed by atoms with E-state index in [0.717, 1.165) is 12.1 Å². The van der Waals surface area contributed by atoms with Gasteiger partial charge in [-0.15, -0.1) is 5.11 Å². The number of azo groups is 2. The summed E-state index contributed by atoms with van der Waals surface area (Å²) >= 11 is 12.4. The van der Waals surface area contributed by atoms with Crippen molar-refractivity contribution in [3.8, 4) is 23.0 Å². The van der Waals surface area contributed by atoms with Crippen LogP contribution in [0, 0.1) is 0 Å². The largest absolute Gasteiger partial charge is 2.00 e. The van der Waals surface area contributed by atoms with Crippen LogP contribution in [-0.4, -0.2) is 94.8 Å². The van der Waals surface area contributed by atoms with Gasteiger partial charge in [0, 0.05) is 20.8 Å². The van der Waals surface area contributed by atoms with Crippen LogP contribution in [0.5, 0.6) is 23.0 Å². The Hall–Kier alpha value is -6.72. The standard InChI is InChI=1S/2C26H22ClN3O6S.Ca/c2*1-3-17-20(27)13-16(14-23(17)37(33,34)35)29-30-24-18-9-5-4-8-15(18)12-19(25(24)31)26(32)28-21-10-6-7-11-22(21)36-2;/h2*4-14,31H,3H2,1-2H3,(H,28,32)(H,33,34,35);/q;;+2/p-2. The van der Waals surface area contributed by atoms with E-state index >= 15 is 0 Å². The van der Waals surface area contributed by atoms with Crippen molar-refractivity contribution in [2.45, 2.75) is 36.5 Å². The number of nitrogens with one attached hydrogen (secondary N) is 1. The second-order valence-corrected chi connectivity index (χ2v) is 19.4. The third-order valence-corrected chi connectivity index (χ3v) is 13.7.